The van der Waals surface area contributed by atoms with E-state index >= 15 is 0 Å². The fraction of sp³-hybridized carbons (Fsp3) is 0.286. The molecule has 1 heterocycles. The molecule has 3 unspecified atom stereocenters. The molecule has 1 amide bonds. The van der Waals surface area contributed by atoms with Gasteiger partial charge in [0, 0.05) is 12.0 Å². The summed E-state index contributed by atoms with van der Waals surface area (Å²) in [6.07, 6.45) is -10.6. The van der Waals surface area contributed by atoms with Crippen molar-refractivity contribution in [2.75, 3.05) is 5.32 Å². The summed E-state index contributed by atoms with van der Waals surface area (Å²) in [6, 6.07) is 1.73. The first-order valence-corrected chi connectivity index (χ1v) is 9.40. The SMILES string of the molecule is N#Cc1cc(F)c(NC(=O)C2CC(c3ccc(C#N)c(C(F)(F)F)c3)C(C(F)(F)F)N2)cc1F. The topological polar surface area (TPSA) is 88.7 Å². The Hall–Kier alpha value is -3.71. The maximum absolute atomic E-state index is 14.0. The Labute approximate surface area is 186 Å². The number of halogens is 8. The molecule has 1 saturated heterocycles. The number of nitrogens with one attached hydrogen (secondary N) is 2. The van der Waals surface area contributed by atoms with Gasteiger partial charge in [-0.05, 0) is 30.2 Å². The van der Waals surface area contributed by atoms with E-state index in [9.17, 15) is 39.9 Å². The van der Waals surface area contributed by atoms with Crippen LogP contribution in [0, 0.1) is 34.3 Å². The summed E-state index contributed by atoms with van der Waals surface area (Å²) in [5.74, 6) is -5.23. The van der Waals surface area contributed by atoms with Crippen molar-refractivity contribution in [3.63, 3.8) is 0 Å². The van der Waals surface area contributed by atoms with Gasteiger partial charge in [0.2, 0.25) is 5.91 Å². The van der Waals surface area contributed by atoms with Gasteiger partial charge in [0.05, 0.1) is 34.5 Å². The van der Waals surface area contributed by atoms with Crippen molar-refractivity contribution < 1.29 is 39.9 Å². The van der Waals surface area contributed by atoms with Crippen molar-refractivity contribution >= 4 is 11.6 Å². The Balaban J connectivity index is 1.92. The third kappa shape index (κ3) is 4.94. The lowest BCUT2D eigenvalue weighted by molar-refractivity contribution is -0.156. The summed E-state index contributed by atoms with van der Waals surface area (Å²) in [5, 5.41) is 21.5. The Morgan fingerprint density at radius 2 is 1.62 bits per heavy atom. The predicted molar refractivity (Wildman–Crippen MR) is 100.0 cm³/mol. The number of nitrogens with zero attached hydrogens (tertiary/aromatic N) is 2. The Morgan fingerprint density at radius 3 is 2.18 bits per heavy atom. The lowest BCUT2D eigenvalue weighted by Crippen LogP contribution is -2.46. The molecule has 0 radical (unpaired) electrons. The van der Waals surface area contributed by atoms with Crippen LogP contribution in [0.1, 0.15) is 34.6 Å². The highest BCUT2D eigenvalue weighted by Crippen LogP contribution is 2.42. The molecule has 2 N–H and O–H groups in total. The summed E-state index contributed by atoms with van der Waals surface area (Å²) in [7, 11) is 0. The van der Waals surface area contributed by atoms with Crippen molar-refractivity contribution in [2.45, 2.75) is 36.8 Å². The van der Waals surface area contributed by atoms with E-state index in [0.717, 1.165) is 12.1 Å². The molecular formula is C21H12F8N4O. The van der Waals surface area contributed by atoms with E-state index in [1.807, 2.05) is 10.6 Å². The number of anilines is 1. The number of nitriles is 2. The van der Waals surface area contributed by atoms with Crippen LogP contribution in [0.15, 0.2) is 30.3 Å². The zero-order valence-electron chi connectivity index (χ0n) is 16.7. The van der Waals surface area contributed by atoms with Crippen LogP contribution in [0.25, 0.3) is 0 Å². The zero-order chi connectivity index (χ0) is 25.4. The van der Waals surface area contributed by atoms with Gasteiger partial charge in [-0.15, -0.1) is 0 Å². The smallest absolute Gasteiger partial charge is 0.322 e. The number of carbonyl (C=O) groups is 1. The van der Waals surface area contributed by atoms with Crippen LogP contribution in [0.5, 0.6) is 0 Å². The lowest BCUT2D eigenvalue weighted by atomic mass is 9.88. The molecule has 1 fully saturated rings. The molecule has 0 aromatic heterocycles. The minimum Gasteiger partial charge on any atom is -0.322 e. The van der Waals surface area contributed by atoms with Crippen molar-refractivity contribution in [1.82, 2.24) is 5.32 Å². The van der Waals surface area contributed by atoms with Gasteiger partial charge in [-0.3, -0.25) is 10.1 Å². The van der Waals surface area contributed by atoms with E-state index in [2.05, 4.69) is 0 Å². The van der Waals surface area contributed by atoms with Gasteiger partial charge in [-0.2, -0.15) is 36.9 Å². The maximum atomic E-state index is 14.0. The number of hydrogen-bond acceptors (Lipinski definition) is 4. The quantitative estimate of drug-likeness (QED) is 0.611. The number of carbonyl (C=O) groups excluding carboxylic acids is 1. The van der Waals surface area contributed by atoms with E-state index in [-0.39, 0.29) is 0 Å². The van der Waals surface area contributed by atoms with E-state index < -0.39 is 82.3 Å². The first kappa shape index (κ1) is 24.9. The summed E-state index contributed by atoms with van der Waals surface area (Å²) in [4.78, 5) is 12.5. The van der Waals surface area contributed by atoms with Crippen LogP contribution in [0.3, 0.4) is 0 Å². The Morgan fingerprint density at radius 1 is 0.971 bits per heavy atom. The monoisotopic (exact) mass is 488 g/mol. The van der Waals surface area contributed by atoms with Crippen LogP contribution in [-0.4, -0.2) is 24.2 Å². The van der Waals surface area contributed by atoms with Crippen molar-refractivity contribution in [3.05, 3.63) is 64.2 Å². The molecule has 3 atom stereocenters. The van der Waals surface area contributed by atoms with Gasteiger partial charge >= 0.3 is 12.4 Å². The molecule has 0 bridgehead atoms. The third-order valence-corrected chi connectivity index (χ3v) is 5.27. The fourth-order valence-electron chi connectivity index (χ4n) is 3.70. The number of alkyl halides is 6. The second kappa shape index (κ2) is 8.91. The van der Waals surface area contributed by atoms with Gasteiger partial charge in [0.25, 0.3) is 0 Å². The van der Waals surface area contributed by atoms with Gasteiger partial charge in [-0.1, -0.05) is 6.07 Å². The first-order chi connectivity index (χ1) is 15.8. The number of hydrogen-bond donors (Lipinski definition) is 2. The summed E-state index contributed by atoms with van der Waals surface area (Å²) < 4.78 is 108. The number of benzene rings is 2. The van der Waals surface area contributed by atoms with Crippen LogP contribution in [-0.2, 0) is 11.0 Å². The average Bonchev–Trinajstić information content (AvgIpc) is 3.21. The molecule has 2 aromatic carbocycles. The maximum Gasteiger partial charge on any atom is 0.417 e. The van der Waals surface area contributed by atoms with Crippen molar-refractivity contribution in [1.29, 1.82) is 10.5 Å². The van der Waals surface area contributed by atoms with E-state index in [4.69, 9.17) is 10.5 Å². The molecule has 34 heavy (non-hydrogen) atoms. The molecule has 3 rings (SSSR count). The van der Waals surface area contributed by atoms with Crippen molar-refractivity contribution in [3.8, 4) is 12.1 Å². The molecule has 13 heteroatoms. The first-order valence-electron chi connectivity index (χ1n) is 9.40. The lowest BCUT2D eigenvalue weighted by Gasteiger charge is -2.23. The summed E-state index contributed by atoms with van der Waals surface area (Å²) >= 11 is 0. The highest BCUT2D eigenvalue weighted by Gasteiger charge is 2.52. The molecule has 5 nitrogen and oxygen atoms in total. The molecular weight excluding hydrogens is 476 g/mol. The minimum absolute atomic E-state index is 0.410. The largest absolute Gasteiger partial charge is 0.417 e. The average molecular weight is 488 g/mol. The molecule has 0 saturated carbocycles. The highest BCUT2D eigenvalue weighted by molar-refractivity contribution is 5.95. The molecule has 178 valence electrons. The number of rotatable bonds is 3. The normalized spacial score (nSPS) is 20.5. The molecule has 2 aromatic rings. The molecule has 1 aliphatic rings. The second-order valence-electron chi connectivity index (χ2n) is 7.41. The minimum atomic E-state index is -5.01. The van der Waals surface area contributed by atoms with Crippen LogP contribution < -0.4 is 10.6 Å². The van der Waals surface area contributed by atoms with Gasteiger partial charge in [-0.25, -0.2) is 8.78 Å². The van der Waals surface area contributed by atoms with Crippen LogP contribution in [0.4, 0.5) is 40.8 Å². The van der Waals surface area contributed by atoms with E-state index in [0.29, 0.717) is 18.2 Å². The summed E-state index contributed by atoms with van der Waals surface area (Å²) in [6.45, 7) is 0. The zero-order valence-corrected chi connectivity index (χ0v) is 16.7. The van der Waals surface area contributed by atoms with E-state index in [1.54, 1.807) is 0 Å². The molecule has 0 spiro atoms. The third-order valence-electron chi connectivity index (χ3n) is 5.27. The van der Waals surface area contributed by atoms with Gasteiger partial charge in [0.1, 0.15) is 23.7 Å². The van der Waals surface area contributed by atoms with E-state index in [1.165, 1.54) is 12.1 Å². The number of amides is 1. The second-order valence-corrected chi connectivity index (χ2v) is 7.41. The van der Waals surface area contributed by atoms with Crippen LogP contribution >= 0.6 is 0 Å². The Bertz CT molecular complexity index is 1210. The Kier molecular flexibility index (Phi) is 6.53. The molecule has 0 aliphatic carbocycles. The predicted octanol–water partition coefficient (Wildman–Crippen LogP) is 4.74. The van der Waals surface area contributed by atoms with Crippen molar-refractivity contribution in [2.24, 2.45) is 0 Å². The van der Waals surface area contributed by atoms with Crippen LogP contribution in [0.2, 0.25) is 0 Å². The highest BCUT2D eigenvalue weighted by atomic mass is 19.4. The van der Waals surface area contributed by atoms with Gasteiger partial charge < -0.3 is 5.32 Å². The van der Waals surface area contributed by atoms with Gasteiger partial charge in [0.15, 0.2) is 0 Å². The fourth-order valence-corrected chi connectivity index (χ4v) is 3.70. The summed E-state index contributed by atoms with van der Waals surface area (Å²) in [5.41, 5.74) is -4.00. The standard InChI is InChI=1S/C21H12F8N4O/c22-14-6-16(15(23)4-11(14)8-31)33-19(34)17-5-12(18(32-17)21(27,28)29)9-1-2-10(7-30)13(3-9)20(24,25)26/h1-4,6,12,17-18,32H,5H2,(H,33,34). The molecule has 1 aliphatic heterocycles.